The van der Waals surface area contributed by atoms with Gasteiger partial charge in [-0.3, -0.25) is 0 Å². The van der Waals surface area contributed by atoms with Gasteiger partial charge in [-0.05, 0) is 44.1 Å². The maximum Gasteiger partial charge on any atom is 0.150 e. The molecule has 2 atom stereocenters. The fraction of sp³-hybridized carbons (Fsp3) is 0.800. The molecule has 6 heteroatoms. The Morgan fingerprint density at radius 2 is 2.24 bits per heavy atom. The number of nitrogens with one attached hydrogen (secondary N) is 1. The summed E-state index contributed by atoms with van der Waals surface area (Å²) in [5.41, 5.74) is 0. The Bertz CT molecular complexity index is 577. The summed E-state index contributed by atoms with van der Waals surface area (Å²) >= 11 is 0. The maximum atomic E-state index is 11.7. The van der Waals surface area contributed by atoms with Crippen LogP contribution in [-0.4, -0.2) is 42.1 Å². The number of hydrogen-bond acceptors (Lipinski definition) is 4. The molecule has 2 fully saturated rings. The van der Waals surface area contributed by atoms with Gasteiger partial charge in [0.05, 0.1) is 11.5 Å². The average Bonchev–Trinajstić information content (AvgIpc) is 3.07. The van der Waals surface area contributed by atoms with Crippen LogP contribution in [0.2, 0.25) is 0 Å². The lowest BCUT2D eigenvalue weighted by Crippen LogP contribution is -2.31. The van der Waals surface area contributed by atoms with Gasteiger partial charge in [-0.1, -0.05) is 0 Å². The molecule has 2 heterocycles. The van der Waals surface area contributed by atoms with Crippen molar-refractivity contribution in [3.05, 3.63) is 18.2 Å². The second-order valence-electron chi connectivity index (χ2n) is 6.60. The van der Waals surface area contributed by atoms with E-state index in [4.69, 9.17) is 0 Å². The smallest absolute Gasteiger partial charge is 0.150 e. The van der Waals surface area contributed by atoms with Crippen LogP contribution in [0.5, 0.6) is 0 Å². The topological polar surface area (TPSA) is 64.0 Å². The number of imidazole rings is 1. The van der Waals surface area contributed by atoms with E-state index in [1.54, 1.807) is 0 Å². The third-order valence-corrected chi connectivity index (χ3v) is 6.63. The lowest BCUT2D eigenvalue weighted by atomic mass is 9.87. The Labute approximate surface area is 127 Å². The van der Waals surface area contributed by atoms with Gasteiger partial charge in [0, 0.05) is 31.9 Å². The quantitative estimate of drug-likeness (QED) is 0.820. The van der Waals surface area contributed by atoms with E-state index in [1.165, 1.54) is 12.8 Å². The first kappa shape index (κ1) is 15.0. The molecule has 1 aliphatic heterocycles. The molecule has 1 aromatic rings. The van der Waals surface area contributed by atoms with Crippen molar-refractivity contribution in [2.24, 2.45) is 18.9 Å². The van der Waals surface area contributed by atoms with E-state index >= 15 is 0 Å². The van der Waals surface area contributed by atoms with E-state index < -0.39 is 9.84 Å². The zero-order valence-corrected chi connectivity index (χ0v) is 13.5. The summed E-state index contributed by atoms with van der Waals surface area (Å²) in [5, 5.41) is 3.58. The lowest BCUT2D eigenvalue weighted by Gasteiger charge is -2.23. The summed E-state index contributed by atoms with van der Waals surface area (Å²) in [6.45, 7) is 0.954. The van der Waals surface area contributed by atoms with Crippen molar-refractivity contribution < 1.29 is 8.42 Å². The van der Waals surface area contributed by atoms with Gasteiger partial charge in [-0.15, -0.1) is 0 Å². The van der Waals surface area contributed by atoms with E-state index in [0.717, 1.165) is 31.6 Å². The number of aromatic nitrogens is 2. The van der Waals surface area contributed by atoms with Crippen molar-refractivity contribution in [2.75, 3.05) is 18.1 Å². The summed E-state index contributed by atoms with van der Waals surface area (Å²) in [7, 11) is -0.779. The number of aryl methyl sites for hydroxylation is 2. The van der Waals surface area contributed by atoms with E-state index in [1.807, 2.05) is 19.4 Å². The third-order valence-electron chi connectivity index (χ3n) is 4.84. The van der Waals surface area contributed by atoms with Gasteiger partial charge in [0.15, 0.2) is 9.84 Å². The zero-order valence-electron chi connectivity index (χ0n) is 12.7. The number of sulfone groups is 1. The molecule has 2 unspecified atom stereocenters. The van der Waals surface area contributed by atoms with Crippen LogP contribution in [0.3, 0.4) is 0 Å². The Kier molecular flexibility index (Phi) is 4.36. The fourth-order valence-corrected chi connectivity index (χ4v) is 5.18. The highest BCUT2D eigenvalue weighted by Crippen LogP contribution is 2.30. The summed E-state index contributed by atoms with van der Waals surface area (Å²) < 4.78 is 25.5. The molecule has 3 rings (SSSR count). The van der Waals surface area contributed by atoms with Gasteiger partial charge >= 0.3 is 0 Å². The minimum Gasteiger partial charge on any atom is -0.338 e. The summed E-state index contributed by atoms with van der Waals surface area (Å²) in [5.74, 6) is 2.61. The van der Waals surface area contributed by atoms with Gasteiger partial charge in [0.25, 0.3) is 0 Å². The second-order valence-corrected chi connectivity index (χ2v) is 8.83. The van der Waals surface area contributed by atoms with E-state index in [-0.39, 0.29) is 0 Å². The molecule has 5 nitrogen and oxygen atoms in total. The van der Waals surface area contributed by atoms with Crippen molar-refractivity contribution >= 4 is 9.84 Å². The van der Waals surface area contributed by atoms with Gasteiger partial charge in [-0.2, -0.15) is 0 Å². The monoisotopic (exact) mass is 311 g/mol. The first-order valence-corrected chi connectivity index (χ1v) is 9.75. The molecular weight excluding hydrogens is 286 g/mol. The molecule has 1 saturated carbocycles. The Balaban J connectivity index is 1.59. The van der Waals surface area contributed by atoms with Gasteiger partial charge in [-0.25, -0.2) is 13.4 Å². The molecule has 1 N–H and O–H groups in total. The summed E-state index contributed by atoms with van der Waals surface area (Å²) in [6.07, 6.45) is 9.12. The van der Waals surface area contributed by atoms with Crippen LogP contribution in [0.1, 0.15) is 31.5 Å². The van der Waals surface area contributed by atoms with Crippen LogP contribution >= 0.6 is 0 Å². The largest absolute Gasteiger partial charge is 0.338 e. The second kappa shape index (κ2) is 6.08. The predicted molar refractivity (Wildman–Crippen MR) is 82.8 cm³/mol. The highest BCUT2D eigenvalue weighted by molar-refractivity contribution is 7.91. The van der Waals surface area contributed by atoms with E-state index in [2.05, 4.69) is 14.9 Å². The normalized spacial score (nSPS) is 26.0. The Morgan fingerprint density at radius 1 is 1.43 bits per heavy atom. The fourth-order valence-electron chi connectivity index (χ4n) is 3.26. The molecule has 0 bridgehead atoms. The van der Waals surface area contributed by atoms with Gasteiger partial charge in [0.2, 0.25) is 0 Å². The molecular formula is C15H25N3O2S. The molecule has 1 aliphatic carbocycles. The van der Waals surface area contributed by atoms with Crippen LogP contribution in [0.25, 0.3) is 0 Å². The predicted octanol–water partition coefficient (Wildman–Crippen LogP) is 1.16. The Hall–Kier alpha value is -0.880. The minimum absolute atomic E-state index is 0.321. The number of nitrogens with zero attached hydrogens (tertiary/aromatic N) is 2. The van der Waals surface area contributed by atoms with Crippen LogP contribution < -0.4 is 5.32 Å². The summed E-state index contributed by atoms with van der Waals surface area (Å²) in [4.78, 5) is 4.37. The minimum atomic E-state index is -2.79. The highest BCUT2D eigenvalue weighted by Gasteiger charge is 2.34. The van der Waals surface area contributed by atoms with Crippen LogP contribution in [0, 0.1) is 11.8 Å². The third kappa shape index (κ3) is 4.07. The van der Waals surface area contributed by atoms with Crippen LogP contribution in [0.4, 0.5) is 0 Å². The first-order chi connectivity index (χ1) is 10.0. The molecule has 0 radical (unpaired) electrons. The molecule has 118 valence electrons. The van der Waals surface area contributed by atoms with Crippen LogP contribution in [-0.2, 0) is 23.3 Å². The maximum absolute atomic E-state index is 11.7. The molecule has 21 heavy (non-hydrogen) atoms. The molecule has 0 spiro atoms. The van der Waals surface area contributed by atoms with Gasteiger partial charge < -0.3 is 9.88 Å². The van der Waals surface area contributed by atoms with Crippen molar-refractivity contribution in [3.63, 3.8) is 0 Å². The standard InChI is InChI=1S/C15H25N3O2S/c1-18-8-7-16-15(18)5-2-12(10-17-14-3-4-14)13-6-9-21(19,20)11-13/h7-8,12-14,17H,2-6,9-11H2,1H3. The number of hydrogen-bond donors (Lipinski definition) is 1. The van der Waals surface area contributed by atoms with Crippen molar-refractivity contribution in [1.29, 1.82) is 0 Å². The first-order valence-electron chi connectivity index (χ1n) is 7.93. The summed E-state index contributed by atoms with van der Waals surface area (Å²) in [6, 6.07) is 0.679. The number of rotatable bonds is 7. The van der Waals surface area contributed by atoms with Gasteiger partial charge in [0.1, 0.15) is 5.82 Å². The average molecular weight is 311 g/mol. The SMILES string of the molecule is Cn1ccnc1CCC(CNC1CC1)C1CCS(=O)(=O)C1. The Morgan fingerprint density at radius 3 is 2.81 bits per heavy atom. The highest BCUT2D eigenvalue weighted by atomic mass is 32.2. The van der Waals surface area contributed by atoms with E-state index in [0.29, 0.717) is 29.4 Å². The van der Waals surface area contributed by atoms with Crippen molar-refractivity contribution in [2.45, 2.75) is 38.1 Å². The lowest BCUT2D eigenvalue weighted by molar-refractivity contribution is 0.322. The molecule has 1 saturated heterocycles. The van der Waals surface area contributed by atoms with Crippen LogP contribution in [0.15, 0.2) is 12.4 Å². The molecule has 0 amide bonds. The van der Waals surface area contributed by atoms with E-state index in [9.17, 15) is 8.42 Å². The molecule has 1 aromatic heterocycles. The van der Waals surface area contributed by atoms with Crippen molar-refractivity contribution in [1.82, 2.24) is 14.9 Å². The molecule has 0 aromatic carbocycles. The van der Waals surface area contributed by atoms with Crippen molar-refractivity contribution in [3.8, 4) is 0 Å². The molecule has 2 aliphatic rings. The zero-order chi connectivity index (χ0) is 14.9.